The number of benzene rings is 1. The van der Waals surface area contributed by atoms with Gasteiger partial charge in [0.2, 0.25) is 0 Å². The van der Waals surface area contributed by atoms with E-state index >= 15 is 0 Å². The molecule has 1 heterocycles. The lowest BCUT2D eigenvalue weighted by Crippen LogP contribution is -2.06. The third kappa shape index (κ3) is 2.65. The lowest BCUT2D eigenvalue weighted by Gasteiger charge is -2.19. The van der Waals surface area contributed by atoms with Gasteiger partial charge >= 0.3 is 0 Å². The van der Waals surface area contributed by atoms with Crippen molar-refractivity contribution in [3.63, 3.8) is 0 Å². The molecule has 0 amide bonds. The standard InChI is InChI=1S/C14H16N2O4/c1-18-10-4-11(19-2)13(12(5-10)20-3)14(17)9-6-15-8-16-7-9/h4-8,14,17H,1-3H3. The molecule has 0 spiro atoms. The molecular weight excluding hydrogens is 260 g/mol. The van der Waals surface area contributed by atoms with Gasteiger partial charge in [-0.15, -0.1) is 0 Å². The summed E-state index contributed by atoms with van der Waals surface area (Å²) in [7, 11) is 4.59. The van der Waals surface area contributed by atoms with Crippen LogP contribution in [0.2, 0.25) is 0 Å². The van der Waals surface area contributed by atoms with Gasteiger partial charge in [-0.25, -0.2) is 9.97 Å². The molecule has 1 N–H and O–H groups in total. The van der Waals surface area contributed by atoms with E-state index in [1.807, 2.05) is 0 Å². The Balaban J connectivity index is 2.54. The molecule has 0 saturated carbocycles. The fourth-order valence-electron chi connectivity index (χ4n) is 1.92. The van der Waals surface area contributed by atoms with Crippen molar-refractivity contribution < 1.29 is 19.3 Å². The average molecular weight is 276 g/mol. The zero-order valence-corrected chi connectivity index (χ0v) is 11.5. The van der Waals surface area contributed by atoms with Crippen molar-refractivity contribution in [1.82, 2.24) is 9.97 Å². The lowest BCUT2D eigenvalue weighted by atomic mass is 10.0. The smallest absolute Gasteiger partial charge is 0.132 e. The van der Waals surface area contributed by atoms with Crippen molar-refractivity contribution in [1.29, 1.82) is 0 Å². The van der Waals surface area contributed by atoms with Crippen molar-refractivity contribution in [2.75, 3.05) is 21.3 Å². The van der Waals surface area contributed by atoms with Gasteiger partial charge in [0, 0.05) is 30.1 Å². The predicted molar refractivity (Wildman–Crippen MR) is 72.2 cm³/mol. The predicted octanol–water partition coefficient (Wildman–Crippen LogP) is 1.58. The molecule has 0 radical (unpaired) electrons. The molecule has 20 heavy (non-hydrogen) atoms. The quantitative estimate of drug-likeness (QED) is 0.894. The Labute approximate surface area is 117 Å². The normalized spacial score (nSPS) is 11.8. The number of aliphatic hydroxyl groups excluding tert-OH is 1. The van der Waals surface area contributed by atoms with E-state index in [2.05, 4.69) is 9.97 Å². The van der Waals surface area contributed by atoms with Gasteiger partial charge in [0.05, 0.1) is 26.9 Å². The number of methoxy groups -OCH3 is 3. The number of rotatable bonds is 5. The van der Waals surface area contributed by atoms with Gasteiger partial charge in [-0.05, 0) is 0 Å². The largest absolute Gasteiger partial charge is 0.496 e. The minimum Gasteiger partial charge on any atom is -0.496 e. The van der Waals surface area contributed by atoms with Crippen molar-refractivity contribution in [2.45, 2.75) is 6.10 Å². The van der Waals surface area contributed by atoms with Crippen LogP contribution in [0.5, 0.6) is 17.2 Å². The molecule has 0 aliphatic rings. The Morgan fingerprint density at radius 2 is 1.50 bits per heavy atom. The monoisotopic (exact) mass is 276 g/mol. The van der Waals surface area contributed by atoms with E-state index in [1.54, 1.807) is 31.6 Å². The summed E-state index contributed by atoms with van der Waals surface area (Å²) in [6.07, 6.45) is 3.53. The first-order chi connectivity index (χ1) is 9.71. The summed E-state index contributed by atoms with van der Waals surface area (Å²) in [5.74, 6) is 1.52. The average Bonchev–Trinajstić information content (AvgIpc) is 2.53. The van der Waals surface area contributed by atoms with E-state index in [0.29, 0.717) is 28.4 Å². The first-order valence-corrected chi connectivity index (χ1v) is 5.94. The number of hydrogen-bond acceptors (Lipinski definition) is 6. The van der Waals surface area contributed by atoms with Crippen LogP contribution in [0.1, 0.15) is 17.2 Å². The Kier molecular flexibility index (Phi) is 4.37. The Hall–Kier alpha value is -2.34. The highest BCUT2D eigenvalue weighted by molar-refractivity contribution is 5.53. The maximum Gasteiger partial charge on any atom is 0.132 e. The van der Waals surface area contributed by atoms with Crippen molar-refractivity contribution in [3.8, 4) is 17.2 Å². The van der Waals surface area contributed by atoms with Gasteiger partial charge in [-0.1, -0.05) is 0 Å². The van der Waals surface area contributed by atoms with Crippen LogP contribution in [0, 0.1) is 0 Å². The first kappa shape index (κ1) is 14.1. The third-order valence-electron chi connectivity index (χ3n) is 2.92. The number of ether oxygens (including phenoxy) is 3. The zero-order valence-electron chi connectivity index (χ0n) is 11.5. The van der Waals surface area contributed by atoms with Crippen LogP contribution < -0.4 is 14.2 Å². The van der Waals surface area contributed by atoms with E-state index < -0.39 is 6.10 Å². The van der Waals surface area contributed by atoms with Crippen molar-refractivity contribution >= 4 is 0 Å². The summed E-state index contributed by atoms with van der Waals surface area (Å²) < 4.78 is 15.8. The summed E-state index contributed by atoms with van der Waals surface area (Å²) >= 11 is 0. The van der Waals surface area contributed by atoms with Crippen LogP contribution >= 0.6 is 0 Å². The van der Waals surface area contributed by atoms with Gasteiger partial charge in [-0.3, -0.25) is 0 Å². The topological polar surface area (TPSA) is 73.7 Å². The molecule has 1 unspecified atom stereocenters. The van der Waals surface area contributed by atoms with Crippen LogP contribution in [-0.4, -0.2) is 36.4 Å². The minimum absolute atomic E-state index is 0.470. The zero-order chi connectivity index (χ0) is 14.5. The van der Waals surface area contributed by atoms with Crippen molar-refractivity contribution in [3.05, 3.63) is 42.0 Å². The maximum absolute atomic E-state index is 10.5. The summed E-state index contributed by atoms with van der Waals surface area (Å²) in [4.78, 5) is 7.80. The van der Waals surface area contributed by atoms with Gasteiger partial charge in [0.1, 0.15) is 29.7 Å². The van der Waals surface area contributed by atoms with E-state index in [1.165, 1.54) is 20.5 Å². The highest BCUT2D eigenvalue weighted by atomic mass is 16.5. The maximum atomic E-state index is 10.5. The molecule has 0 aliphatic heterocycles. The number of hydrogen-bond donors (Lipinski definition) is 1. The number of nitrogens with zero attached hydrogens (tertiary/aromatic N) is 2. The van der Waals surface area contributed by atoms with Gasteiger partial charge in [-0.2, -0.15) is 0 Å². The van der Waals surface area contributed by atoms with Gasteiger partial charge in [0.25, 0.3) is 0 Å². The Morgan fingerprint density at radius 1 is 0.950 bits per heavy atom. The second kappa shape index (κ2) is 6.21. The molecule has 106 valence electrons. The first-order valence-electron chi connectivity index (χ1n) is 5.94. The highest BCUT2D eigenvalue weighted by Gasteiger charge is 2.22. The lowest BCUT2D eigenvalue weighted by molar-refractivity contribution is 0.207. The molecule has 0 saturated heterocycles. The second-order valence-corrected chi connectivity index (χ2v) is 4.02. The molecule has 1 aromatic carbocycles. The molecule has 1 aromatic heterocycles. The summed E-state index contributed by atoms with van der Waals surface area (Å²) in [5.41, 5.74) is 1.06. The molecule has 1 atom stereocenters. The highest BCUT2D eigenvalue weighted by Crippen LogP contribution is 2.40. The molecule has 6 nitrogen and oxygen atoms in total. The van der Waals surface area contributed by atoms with Crippen LogP contribution in [0.25, 0.3) is 0 Å². The number of aliphatic hydroxyl groups is 1. The van der Waals surface area contributed by atoms with Crippen LogP contribution in [0.4, 0.5) is 0 Å². The summed E-state index contributed by atoms with van der Waals surface area (Å²) in [5, 5.41) is 10.5. The van der Waals surface area contributed by atoms with E-state index in [9.17, 15) is 5.11 Å². The SMILES string of the molecule is COc1cc(OC)c(C(O)c2cncnc2)c(OC)c1. The molecule has 0 bridgehead atoms. The Bertz CT molecular complexity index is 550. The fourth-order valence-corrected chi connectivity index (χ4v) is 1.92. The Morgan fingerprint density at radius 3 is 1.95 bits per heavy atom. The minimum atomic E-state index is -0.952. The molecule has 0 fully saturated rings. The summed E-state index contributed by atoms with van der Waals surface area (Å²) in [6.45, 7) is 0. The number of aromatic nitrogens is 2. The molecule has 2 aromatic rings. The third-order valence-corrected chi connectivity index (χ3v) is 2.92. The molecular formula is C14H16N2O4. The molecule has 6 heteroatoms. The second-order valence-electron chi connectivity index (χ2n) is 4.02. The van der Waals surface area contributed by atoms with Crippen molar-refractivity contribution in [2.24, 2.45) is 0 Å². The fraction of sp³-hybridized carbons (Fsp3) is 0.286. The van der Waals surface area contributed by atoms with E-state index in [0.717, 1.165) is 0 Å². The van der Waals surface area contributed by atoms with Crippen LogP contribution in [0.3, 0.4) is 0 Å². The van der Waals surface area contributed by atoms with Crippen LogP contribution in [-0.2, 0) is 0 Å². The van der Waals surface area contributed by atoms with Gasteiger partial charge in [0.15, 0.2) is 0 Å². The van der Waals surface area contributed by atoms with Gasteiger partial charge < -0.3 is 19.3 Å². The van der Waals surface area contributed by atoms with E-state index in [4.69, 9.17) is 14.2 Å². The molecule has 2 rings (SSSR count). The van der Waals surface area contributed by atoms with Crippen LogP contribution in [0.15, 0.2) is 30.9 Å². The van der Waals surface area contributed by atoms with E-state index in [-0.39, 0.29) is 0 Å². The molecule has 0 aliphatic carbocycles. The summed E-state index contributed by atoms with van der Waals surface area (Å²) in [6, 6.07) is 3.37.